The van der Waals surface area contributed by atoms with Crippen molar-refractivity contribution in [2.75, 3.05) is 14.2 Å². The summed E-state index contributed by atoms with van der Waals surface area (Å²) in [6, 6.07) is 0.832. The van der Waals surface area contributed by atoms with Gasteiger partial charge in [0.2, 0.25) is 11.2 Å². The van der Waals surface area contributed by atoms with Crippen molar-refractivity contribution in [3.8, 4) is 11.5 Å². The molecule has 10 heteroatoms. The van der Waals surface area contributed by atoms with Gasteiger partial charge in [-0.1, -0.05) is 13.8 Å². The number of carboxylic acid groups (broad SMARTS) is 2. The monoisotopic (exact) mass is 369 g/mol. The first-order valence-electron chi connectivity index (χ1n) is 7.57. The van der Waals surface area contributed by atoms with Crippen LogP contribution in [0.1, 0.15) is 36.2 Å². The number of nitrogens with zero attached hydrogens (tertiary/aromatic N) is 1. The van der Waals surface area contributed by atoms with E-state index in [2.05, 4.69) is 0 Å². The topological polar surface area (TPSA) is 153 Å². The predicted octanol–water partition coefficient (Wildman–Crippen LogP) is 1.92. The molecule has 26 heavy (non-hydrogen) atoms. The Bertz CT molecular complexity index is 755. The molecule has 0 heterocycles. The molecule has 0 spiro atoms. The third-order valence-electron chi connectivity index (χ3n) is 4.17. The molecule has 142 valence electrons. The Morgan fingerprint density at radius 2 is 1.62 bits per heavy atom. The van der Waals surface area contributed by atoms with Crippen LogP contribution in [0.15, 0.2) is 6.07 Å². The summed E-state index contributed by atoms with van der Waals surface area (Å²) in [5, 5.41) is 30.1. The highest BCUT2D eigenvalue weighted by Crippen LogP contribution is 2.44. The highest BCUT2D eigenvalue weighted by molar-refractivity contribution is 6.25. The summed E-state index contributed by atoms with van der Waals surface area (Å²) in [7, 11) is 2.38. The molecule has 0 amide bonds. The van der Waals surface area contributed by atoms with Crippen LogP contribution in [0.25, 0.3) is 0 Å². The minimum absolute atomic E-state index is 0.117. The summed E-state index contributed by atoms with van der Waals surface area (Å²) < 4.78 is 10.1. The number of aliphatic carboxylic acids is 2. The second kappa shape index (κ2) is 7.81. The summed E-state index contributed by atoms with van der Waals surface area (Å²) in [6.07, 6.45) is -0.417. The summed E-state index contributed by atoms with van der Waals surface area (Å²) in [5.74, 6) is -5.32. The molecule has 0 atom stereocenters. The van der Waals surface area contributed by atoms with Crippen LogP contribution in [0, 0.1) is 15.5 Å². The van der Waals surface area contributed by atoms with Gasteiger partial charge >= 0.3 is 17.6 Å². The zero-order valence-electron chi connectivity index (χ0n) is 14.7. The molecule has 0 aliphatic carbocycles. The van der Waals surface area contributed by atoms with Gasteiger partial charge in [-0.2, -0.15) is 0 Å². The highest BCUT2D eigenvalue weighted by Gasteiger charge is 2.53. The predicted molar refractivity (Wildman–Crippen MR) is 87.9 cm³/mol. The Labute approximate surface area is 148 Å². The average molecular weight is 369 g/mol. The lowest BCUT2D eigenvalue weighted by molar-refractivity contribution is -0.385. The van der Waals surface area contributed by atoms with E-state index in [0.717, 1.165) is 6.07 Å². The molecular weight excluding hydrogens is 350 g/mol. The lowest BCUT2D eigenvalue weighted by atomic mass is 9.76. The lowest BCUT2D eigenvalue weighted by Gasteiger charge is -2.24. The molecule has 0 aliphatic heterocycles. The number of ketones is 1. The highest BCUT2D eigenvalue weighted by atomic mass is 16.6. The van der Waals surface area contributed by atoms with Crippen molar-refractivity contribution in [3.05, 3.63) is 27.3 Å². The van der Waals surface area contributed by atoms with Crippen molar-refractivity contribution in [2.45, 2.75) is 26.7 Å². The Morgan fingerprint density at radius 1 is 1.12 bits per heavy atom. The van der Waals surface area contributed by atoms with Crippen LogP contribution in [0.5, 0.6) is 11.5 Å². The summed E-state index contributed by atoms with van der Waals surface area (Å²) >= 11 is 0. The van der Waals surface area contributed by atoms with E-state index < -0.39 is 45.7 Å². The van der Waals surface area contributed by atoms with Crippen LogP contribution in [0.3, 0.4) is 0 Å². The van der Waals surface area contributed by atoms with Gasteiger partial charge in [-0.05, 0) is 12.8 Å². The average Bonchev–Trinajstić information content (AvgIpc) is 2.59. The third kappa shape index (κ3) is 3.05. The van der Waals surface area contributed by atoms with E-state index in [0.29, 0.717) is 0 Å². The van der Waals surface area contributed by atoms with E-state index in [-0.39, 0.29) is 23.5 Å². The standard InChI is InChI=1S/C16H19NO9/c1-5-8-9(13(18)16(6-2,14(19)20)15(21)22)7-10(17(23)24)12(26-4)11(8)25-3/h7H,5-6H2,1-4H3,(H,19,20)(H,21,22). The zero-order valence-corrected chi connectivity index (χ0v) is 14.7. The van der Waals surface area contributed by atoms with Gasteiger partial charge in [0.15, 0.2) is 11.5 Å². The number of hydrogen-bond donors (Lipinski definition) is 2. The molecule has 0 radical (unpaired) electrons. The minimum Gasteiger partial charge on any atom is -0.492 e. The van der Waals surface area contributed by atoms with Crippen molar-refractivity contribution in [1.29, 1.82) is 0 Å². The zero-order chi connectivity index (χ0) is 20.2. The molecule has 0 fully saturated rings. The van der Waals surface area contributed by atoms with E-state index in [1.54, 1.807) is 6.92 Å². The molecule has 0 saturated carbocycles. The fraction of sp³-hybridized carbons (Fsp3) is 0.438. The number of carbonyl (C=O) groups is 3. The van der Waals surface area contributed by atoms with Crippen LogP contribution in [0.4, 0.5) is 5.69 Å². The maximum atomic E-state index is 12.9. The van der Waals surface area contributed by atoms with E-state index in [9.17, 15) is 34.7 Å². The Balaban J connectivity index is 3.95. The van der Waals surface area contributed by atoms with Crippen LogP contribution in [0.2, 0.25) is 0 Å². The Hall–Kier alpha value is -3.17. The fourth-order valence-corrected chi connectivity index (χ4v) is 2.75. The Kier molecular flexibility index (Phi) is 6.27. The smallest absolute Gasteiger partial charge is 0.329 e. The molecule has 0 unspecified atom stereocenters. The first-order valence-corrected chi connectivity index (χ1v) is 7.57. The third-order valence-corrected chi connectivity index (χ3v) is 4.17. The number of ether oxygens (including phenoxy) is 2. The van der Waals surface area contributed by atoms with Gasteiger partial charge in [0.25, 0.3) is 0 Å². The van der Waals surface area contributed by atoms with Gasteiger partial charge in [0, 0.05) is 17.2 Å². The van der Waals surface area contributed by atoms with Gasteiger partial charge < -0.3 is 19.7 Å². The second-order valence-corrected chi connectivity index (χ2v) is 5.30. The van der Waals surface area contributed by atoms with Crippen LogP contribution < -0.4 is 9.47 Å². The number of rotatable bonds is 9. The SMILES string of the molecule is CCc1c(C(=O)C(CC)(C(=O)O)C(=O)O)cc([N+](=O)[O-])c(OC)c1OC. The van der Waals surface area contributed by atoms with Crippen molar-refractivity contribution in [3.63, 3.8) is 0 Å². The number of methoxy groups -OCH3 is 2. The van der Waals surface area contributed by atoms with Crippen molar-refractivity contribution < 1.29 is 39.0 Å². The number of nitro groups is 1. The molecule has 0 aliphatic rings. The van der Waals surface area contributed by atoms with E-state index in [4.69, 9.17) is 9.47 Å². The van der Waals surface area contributed by atoms with E-state index in [1.165, 1.54) is 21.1 Å². The van der Waals surface area contributed by atoms with Gasteiger partial charge in [0.1, 0.15) is 0 Å². The Morgan fingerprint density at radius 3 is 1.92 bits per heavy atom. The minimum atomic E-state index is -2.77. The van der Waals surface area contributed by atoms with Gasteiger partial charge in [-0.3, -0.25) is 24.5 Å². The van der Waals surface area contributed by atoms with Crippen LogP contribution in [-0.2, 0) is 16.0 Å². The fourth-order valence-electron chi connectivity index (χ4n) is 2.75. The number of Topliss-reactive ketones (excluding diaryl/α,β-unsaturated/α-hetero) is 1. The van der Waals surface area contributed by atoms with E-state index >= 15 is 0 Å². The molecule has 2 N–H and O–H groups in total. The van der Waals surface area contributed by atoms with Crippen LogP contribution >= 0.6 is 0 Å². The number of carboxylic acids is 2. The first-order chi connectivity index (χ1) is 12.1. The summed E-state index contributed by atoms with van der Waals surface area (Å²) in [4.78, 5) is 46.7. The van der Waals surface area contributed by atoms with Gasteiger partial charge in [-0.15, -0.1) is 0 Å². The molecule has 1 aromatic carbocycles. The van der Waals surface area contributed by atoms with Gasteiger partial charge in [0.05, 0.1) is 19.1 Å². The summed E-state index contributed by atoms with van der Waals surface area (Å²) in [5.41, 5.74) is -3.67. The maximum absolute atomic E-state index is 12.9. The second-order valence-electron chi connectivity index (χ2n) is 5.30. The molecule has 0 bridgehead atoms. The lowest BCUT2D eigenvalue weighted by Crippen LogP contribution is -2.46. The van der Waals surface area contributed by atoms with Crippen molar-refractivity contribution in [2.24, 2.45) is 5.41 Å². The normalized spacial score (nSPS) is 10.9. The maximum Gasteiger partial charge on any atom is 0.329 e. The molecule has 1 aromatic rings. The number of carbonyl (C=O) groups excluding carboxylic acids is 1. The quantitative estimate of drug-likeness (QED) is 0.287. The summed E-state index contributed by atoms with van der Waals surface area (Å²) in [6.45, 7) is 2.84. The molecular formula is C16H19NO9. The molecule has 1 rings (SSSR count). The molecule has 0 aromatic heterocycles. The largest absolute Gasteiger partial charge is 0.492 e. The number of benzene rings is 1. The number of nitro benzene ring substituents is 1. The first kappa shape index (κ1) is 20.9. The van der Waals surface area contributed by atoms with Crippen molar-refractivity contribution >= 4 is 23.4 Å². The van der Waals surface area contributed by atoms with Gasteiger partial charge in [-0.25, -0.2) is 0 Å². The van der Waals surface area contributed by atoms with Crippen LogP contribution in [-0.4, -0.2) is 47.1 Å². The van der Waals surface area contributed by atoms with E-state index in [1.807, 2.05) is 0 Å². The molecule has 10 nitrogen and oxygen atoms in total. The number of hydrogen-bond acceptors (Lipinski definition) is 7. The molecule has 0 saturated heterocycles. The van der Waals surface area contributed by atoms with Crippen molar-refractivity contribution in [1.82, 2.24) is 0 Å².